The van der Waals surface area contributed by atoms with Gasteiger partial charge in [-0.2, -0.15) is 0 Å². The minimum atomic E-state index is -0.503. The topological polar surface area (TPSA) is 94.0 Å². The highest BCUT2D eigenvalue weighted by molar-refractivity contribution is 5.99. The first kappa shape index (κ1) is 13.9. The molecule has 1 aromatic heterocycles. The van der Waals surface area contributed by atoms with E-state index >= 15 is 0 Å². The summed E-state index contributed by atoms with van der Waals surface area (Å²) >= 11 is 0. The lowest BCUT2D eigenvalue weighted by atomic mass is 10.1. The Balaban J connectivity index is 2.21. The summed E-state index contributed by atoms with van der Waals surface area (Å²) in [4.78, 5) is 15.8. The van der Waals surface area contributed by atoms with Crippen LogP contribution in [0.1, 0.15) is 28.5 Å². The highest BCUT2D eigenvalue weighted by Gasteiger charge is 2.09. The zero-order chi connectivity index (χ0) is 14.5. The van der Waals surface area contributed by atoms with Gasteiger partial charge >= 0.3 is 0 Å². The van der Waals surface area contributed by atoms with Crippen molar-refractivity contribution >= 4 is 17.3 Å². The van der Waals surface area contributed by atoms with Crippen LogP contribution in [0.4, 0.5) is 11.4 Å². The summed E-state index contributed by atoms with van der Waals surface area (Å²) in [5, 5.41) is 3.19. The predicted molar refractivity (Wildman–Crippen MR) is 80.3 cm³/mol. The Morgan fingerprint density at radius 2 is 2.15 bits per heavy atom. The second-order valence-electron chi connectivity index (χ2n) is 4.49. The van der Waals surface area contributed by atoms with Crippen molar-refractivity contribution in [2.24, 2.45) is 5.73 Å². The number of hydrogen-bond donors (Lipinski definition) is 3. The maximum absolute atomic E-state index is 11.4. The first-order valence-corrected chi connectivity index (χ1v) is 6.47. The average Bonchev–Trinajstić information content (AvgIpc) is 2.46. The second kappa shape index (κ2) is 6.06. The van der Waals surface area contributed by atoms with Gasteiger partial charge in [0.15, 0.2) is 0 Å². The molecule has 1 amide bonds. The van der Waals surface area contributed by atoms with Gasteiger partial charge in [0.2, 0.25) is 0 Å². The summed E-state index contributed by atoms with van der Waals surface area (Å²) in [5.41, 5.74) is 14.7. The van der Waals surface area contributed by atoms with Gasteiger partial charge in [0.1, 0.15) is 0 Å². The third kappa shape index (κ3) is 3.06. The molecule has 0 bridgehead atoms. The van der Waals surface area contributed by atoms with Crippen molar-refractivity contribution in [2.45, 2.75) is 19.9 Å². The molecule has 0 aliphatic carbocycles. The molecule has 0 saturated carbocycles. The molecule has 0 atom stereocenters. The molecule has 0 aliphatic rings. The van der Waals surface area contributed by atoms with Gasteiger partial charge in [-0.3, -0.25) is 9.78 Å². The Labute approximate surface area is 118 Å². The Hall–Kier alpha value is -2.56. The molecule has 0 saturated heterocycles. The van der Waals surface area contributed by atoms with Crippen LogP contribution >= 0.6 is 0 Å². The van der Waals surface area contributed by atoms with Gasteiger partial charge in [-0.05, 0) is 36.2 Å². The van der Waals surface area contributed by atoms with Crippen LogP contribution < -0.4 is 16.8 Å². The van der Waals surface area contributed by atoms with Gasteiger partial charge < -0.3 is 16.8 Å². The number of amides is 1. The number of carbonyl (C=O) groups excluding carboxylic acids is 1. The first-order chi connectivity index (χ1) is 9.61. The molecule has 1 heterocycles. The van der Waals surface area contributed by atoms with E-state index in [0.29, 0.717) is 23.5 Å². The van der Waals surface area contributed by atoms with Crippen LogP contribution in [-0.4, -0.2) is 10.9 Å². The van der Waals surface area contributed by atoms with E-state index in [1.54, 1.807) is 24.4 Å². The third-order valence-electron chi connectivity index (χ3n) is 3.12. The van der Waals surface area contributed by atoms with Crippen LogP contribution in [-0.2, 0) is 13.0 Å². The number of pyridine rings is 1. The smallest absolute Gasteiger partial charge is 0.250 e. The summed E-state index contributed by atoms with van der Waals surface area (Å²) in [7, 11) is 0. The van der Waals surface area contributed by atoms with Crippen molar-refractivity contribution in [1.82, 2.24) is 4.98 Å². The van der Waals surface area contributed by atoms with Crippen LogP contribution in [0, 0.1) is 0 Å². The molecule has 104 valence electrons. The average molecular weight is 270 g/mol. The van der Waals surface area contributed by atoms with E-state index in [-0.39, 0.29) is 0 Å². The summed E-state index contributed by atoms with van der Waals surface area (Å²) in [5.74, 6) is -0.503. The first-order valence-electron chi connectivity index (χ1n) is 6.47. The number of hydrogen-bond acceptors (Lipinski definition) is 4. The molecule has 1 aromatic carbocycles. The van der Waals surface area contributed by atoms with Crippen molar-refractivity contribution in [3.05, 3.63) is 53.3 Å². The number of nitrogens with two attached hydrogens (primary N) is 2. The SMILES string of the molecule is CCc1cccnc1CNc1ccc(N)cc1C(N)=O. The summed E-state index contributed by atoms with van der Waals surface area (Å²) in [6.45, 7) is 2.62. The van der Waals surface area contributed by atoms with E-state index in [9.17, 15) is 4.79 Å². The molecular weight excluding hydrogens is 252 g/mol. The third-order valence-corrected chi connectivity index (χ3v) is 3.12. The fourth-order valence-corrected chi connectivity index (χ4v) is 2.05. The van der Waals surface area contributed by atoms with E-state index in [0.717, 1.165) is 12.1 Å². The number of nitrogens with zero attached hydrogens (tertiary/aromatic N) is 1. The highest BCUT2D eigenvalue weighted by atomic mass is 16.1. The number of rotatable bonds is 5. The number of anilines is 2. The van der Waals surface area contributed by atoms with E-state index in [1.807, 2.05) is 12.1 Å². The standard InChI is InChI=1S/C15H18N4O/c1-2-10-4-3-7-18-14(10)9-19-13-6-5-11(16)8-12(13)15(17)20/h3-8,19H,2,9,16H2,1H3,(H2,17,20). The molecule has 0 spiro atoms. The molecule has 5 nitrogen and oxygen atoms in total. The minimum Gasteiger partial charge on any atom is -0.399 e. The van der Waals surface area contributed by atoms with Gasteiger partial charge in [-0.15, -0.1) is 0 Å². The van der Waals surface area contributed by atoms with Crippen LogP contribution in [0.3, 0.4) is 0 Å². The van der Waals surface area contributed by atoms with Gasteiger partial charge in [0.25, 0.3) is 5.91 Å². The van der Waals surface area contributed by atoms with Crippen LogP contribution in [0.15, 0.2) is 36.5 Å². The Morgan fingerprint density at radius 3 is 2.85 bits per heavy atom. The summed E-state index contributed by atoms with van der Waals surface area (Å²) in [6, 6.07) is 9.02. The van der Waals surface area contributed by atoms with E-state index in [2.05, 4.69) is 17.2 Å². The summed E-state index contributed by atoms with van der Waals surface area (Å²) in [6.07, 6.45) is 2.67. The minimum absolute atomic E-state index is 0.388. The fraction of sp³-hybridized carbons (Fsp3) is 0.200. The van der Waals surface area contributed by atoms with Gasteiger partial charge in [0, 0.05) is 17.6 Å². The molecule has 2 aromatic rings. The Bertz CT molecular complexity index is 625. The van der Waals surface area contributed by atoms with Crippen LogP contribution in [0.2, 0.25) is 0 Å². The van der Waals surface area contributed by atoms with E-state index < -0.39 is 5.91 Å². The second-order valence-corrected chi connectivity index (χ2v) is 4.49. The van der Waals surface area contributed by atoms with Crippen molar-refractivity contribution in [2.75, 3.05) is 11.1 Å². The Kier molecular flexibility index (Phi) is 4.20. The molecule has 20 heavy (non-hydrogen) atoms. The van der Waals surface area contributed by atoms with Gasteiger partial charge in [0.05, 0.1) is 17.8 Å². The molecule has 2 rings (SSSR count). The molecule has 5 heteroatoms. The predicted octanol–water partition coefficient (Wildman–Crippen LogP) is 1.94. The number of nitrogen functional groups attached to an aromatic ring is 1. The molecule has 0 radical (unpaired) electrons. The van der Waals surface area contributed by atoms with Crippen molar-refractivity contribution in [3.8, 4) is 0 Å². The lowest BCUT2D eigenvalue weighted by Crippen LogP contribution is -2.15. The molecule has 0 aliphatic heterocycles. The van der Waals surface area contributed by atoms with Gasteiger partial charge in [-0.1, -0.05) is 13.0 Å². The highest BCUT2D eigenvalue weighted by Crippen LogP contribution is 2.19. The zero-order valence-electron chi connectivity index (χ0n) is 11.4. The number of carbonyl (C=O) groups is 1. The fourth-order valence-electron chi connectivity index (χ4n) is 2.05. The maximum Gasteiger partial charge on any atom is 0.250 e. The number of aryl methyl sites for hydroxylation is 1. The number of primary amides is 1. The van der Waals surface area contributed by atoms with Gasteiger partial charge in [-0.25, -0.2) is 0 Å². The molecular formula is C15H18N4O. The molecule has 0 fully saturated rings. The lowest BCUT2D eigenvalue weighted by molar-refractivity contribution is 0.100. The Morgan fingerprint density at radius 1 is 1.35 bits per heavy atom. The van der Waals surface area contributed by atoms with Crippen LogP contribution in [0.5, 0.6) is 0 Å². The zero-order valence-corrected chi connectivity index (χ0v) is 11.4. The quantitative estimate of drug-likeness (QED) is 0.724. The molecule has 0 unspecified atom stereocenters. The van der Waals surface area contributed by atoms with Crippen molar-refractivity contribution < 1.29 is 4.79 Å². The largest absolute Gasteiger partial charge is 0.399 e. The normalized spacial score (nSPS) is 10.2. The van der Waals surface area contributed by atoms with Crippen LogP contribution in [0.25, 0.3) is 0 Å². The monoisotopic (exact) mass is 270 g/mol. The van der Waals surface area contributed by atoms with Crippen molar-refractivity contribution in [1.29, 1.82) is 0 Å². The lowest BCUT2D eigenvalue weighted by Gasteiger charge is -2.12. The number of benzene rings is 1. The summed E-state index contributed by atoms with van der Waals surface area (Å²) < 4.78 is 0. The number of aromatic nitrogens is 1. The maximum atomic E-state index is 11.4. The number of nitrogens with one attached hydrogen (secondary N) is 1. The van der Waals surface area contributed by atoms with E-state index in [4.69, 9.17) is 11.5 Å². The van der Waals surface area contributed by atoms with Crippen molar-refractivity contribution in [3.63, 3.8) is 0 Å². The molecule has 5 N–H and O–H groups in total. The van der Waals surface area contributed by atoms with E-state index in [1.165, 1.54) is 5.56 Å².